The number of carboxylic acid groups (broad SMARTS) is 1. The van der Waals surface area contributed by atoms with Gasteiger partial charge in [-0.2, -0.15) is 0 Å². The van der Waals surface area contributed by atoms with Crippen molar-refractivity contribution < 1.29 is 19.4 Å². The maximum atomic E-state index is 11.1. The molecule has 1 fully saturated rings. The maximum absolute atomic E-state index is 11.1. The quantitative estimate of drug-likeness (QED) is 0.843. The Bertz CT molecular complexity index is 467. The van der Waals surface area contributed by atoms with Gasteiger partial charge in [0.15, 0.2) is 0 Å². The molecule has 0 radical (unpaired) electrons. The predicted octanol–water partition coefficient (Wildman–Crippen LogP) is 2.44. The van der Waals surface area contributed by atoms with E-state index in [1.54, 1.807) is 14.2 Å². The predicted molar refractivity (Wildman–Crippen MR) is 79.8 cm³/mol. The van der Waals surface area contributed by atoms with Crippen LogP contribution in [0.15, 0.2) is 18.2 Å². The number of carboxylic acids is 1. The summed E-state index contributed by atoms with van der Waals surface area (Å²) in [5.41, 5.74) is 1.07. The van der Waals surface area contributed by atoms with Crippen molar-refractivity contribution in [2.45, 2.75) is 38.3 Å². The van der Waals surface area contributed by atoms with Gasteiger partial charge in [0.05, 0.1) is 20.1 Å². The average molecular weight is 293 g/mol. The van der Waals surface area contributed by atoms with Crippen molar-refractivity contribution in [1.82, 2.24) is 5.32 Å². The molecule has 0 spiro atoms. The third-order valence-electron chi connectivity index (χ3n) is 4.03. The standard InChI is InChI=1S/C16H23NO4/c1-20-14-6-11(7-15(9-14)21-2)10-17-13-5-3-4-12(8-13)16(18)19/h6-7,9,12-13,17H,3-5,8,10H2,1-2H3,(H,18,19). The molecule has 0 saturated heterocycles. The minimum atomic E-state index is -0.676. The van der Waals surface area contributed by atoms with Gasteiger partial charge in [-0.05, 0) is 37.0 Å². The fraction of sp³-hybridized carbons (Fsp3) is 0.562. The lowest BCUT2D eigenvalue weighted by molar-refractivity contribution is -0.143. The highest BCUT2D eigenvalue weighted by Crippen LogP contribution is 2.26. The molecule has 1 aliphatic rings. The van der Waals surface area contributed by atoms with Crippen LogP contribution in [0.1, 0.15) is 31.2 Å². The number of hydrogen-bond acceptors (Lipinski definition) is 4. The van der Waals surface area contributed by atoms with Gasteiger partial charge in [0.1, 0.15) is 11.5 Å². The van der Waals surface area contributed by atoms with Gasteiger partial charge in [-0.3, -0.25) is 4.79 Å². The monoisotopic (exact) mass is 293 g/mol. The summed E-state index contributed by atoms with van der Waals surface area (Å²) in [6, 6.07) is 6.03. The minimum absolute atomic E-state index is 0.212. The molecule has 1 aromatic rings. The Hall–Kier alpha value is -1.75. The number of methoxy groups -OCH3 is 2. The molecular weight excluding hydrogens is 270 g/mol. The van der Waals surface area contributed by atoms with Gasteiger partial charge in [0.2, 0.25) is 0 Å². The normalized spacial score (nSPS) is 21.8. The Balaban J connectivity index is 1.94. The highest BCUT2D eigenvalue weighted by molar-refractivity contribution is 5.70. The lowest BCUT2D eigenvalue weighted by atomic mass is 9.86. The fourth-order valence-corrected chi connectivity index (χ4v) is 2.83. The molecule has 1 aliphatic carbocycles. The Kier molecular flexibility index (Phi) is 5.44. The zero-order chi connectivity index (χ0) is 15.2. The molecular formula is C16H23NO4. The van der Waals surface area contributed by atoms with Crippen molar-refractivity contribution >= 4 is 5.97 Å². The van der Waals surface area contributed by atoms with E-state index in [0.29, 0.717) is 13.0 Å². The summed E-state index contributed by atoms with van der Waals surface area (Å²) in [5.74, 6) is 0.636. The molecule has 0 aromatic heterocycles. The van der Waals surface area contributed by atoms with Crippen LogP contribution in [0.25, 0.3) is 0 Å². The lowest BCUT2D eigenvalue weighted by Gasteiger charge is -2.27. The lowest BCUT2D eigenvalue weighted by Crippen LogP contribution is -2.36. The molecule has 1 saturated carbocycles. The van der Waals surface area contributed by atoms with E-state index >= 15 is 0 Å². The van der Waals surface area contributed by atoms with E-state index in [-0.39, 0.29) is 12.0 Å². The van der Waals surface area contributed by atoms with Crippen molar-refractivity contribution in [3.63, 3.8) is 0 Å². The van der Waals surface area contributed by atoms with Crippen molar-refractivity contribution in [1.29, 1.82) is 0 Å². The van der Waals surface area contributed by atoms with E-state index in [4.69, 9.17) is 14.6 Å². The number of rotatable bonds is 6. The summed E-state index contributed by atoms with van der Waals surface area (Å²) in [6.45, 7) is 0.685. The van der Waals surface area contributed by atoms with Crippen LogP contribution in [0.4, 0.5) is 0 Å². The van der Waals surface area contributed by atoms with Gasteiger partial charge in [-0.25, -0.2) is 0 Å². The second kappa shape index (κ2) is 7.31. The number of hydrogen-bond donors (Lipinski definition) is 2. The topological polar surface area (TPSA) is 67.8 Å². The van der Waals surface area contributed by atoms with E-state index in [1.165, 1.54) is 0 Å². The van der Waals surface area contributed by atoms with Gasteiger partial charge >= 0.3 is 5.97 Å². The summed E-state index contributed by atoms with van der Waals surface area (Å²) in [4.78, 5) is 11.1. The Morgan fingerprint density at radius 2 is 1.90 bits per heavy atom. The first-order chi connectivity index (χ1) is 10.1. The fourth-order valence-electron chi connectivity index (χ4n) is 2.83. The van der Waals surface area contributed by atoms with Gasteiger partial charge in [-0.1, -0.05) is 6.42 Å². The van der Waals surface area contributed by atoms with Gasteiger partial charge in [0, 0.05) is 18.7 Å². The molecule has 0 bridgehead atoms. The zero-order valence-corrected chi connectivity index (χ0v) is 12.6. The summed E-state index contributed by atoms with van der Waals surface area (Å²) < 4.78 is 10.5. The summed E-state index contributed by atoms with van der Waals surface area (Å²) in [6.07, 6.45) is 3.50. The molecule has 0 amide bonds. The van der Waals surface area contributed by atoms with Gasteiger partial charge < -0.3 is 19.9 Å². The second-order valence-corrected chi connectivity index (χ2v) is 5.50. The number of benzene rings is 1. The van der Waals surface area contributed by atoms with Crippen LogP contribution < -0.4 is 14.8 Å². The highest BCUT2D eigenvalue weighted by Gasteiger charge is 2.26. The smallest absolute Gasteiger partial charge is 0.306 e. The van der Waals surface area contributed by atoms with Crippen molar-refractivity contribution in [2.75, 3.05) is 14.2 Å². The van der Waals surface area contributed by atoms with Crippen LogP contribution in [0.2, 0.25) is 0 Å². The van der Waals surface area contributed by atoms with Crippen molar-refractivity contribution in [3.8, 4) is 11.5 Å². The second-order valence-electron chi connectivity index (χ2n) is 5.50. The summed E-state index contributed by atoms with van der Waals surface area (Å²) >= 11 is 0. The maximum Gasteiger partial charge on any atom is 0.306 e. The third-order valence-corrected chi connectivity index (χ3v) is 4.03. The number of nitrogens with one attached hydrogen (secondary N) is 1. The first kappa shape index (κ1) is 15.6. The van der Waals surface area contributed by atoms with Crippen LogP contribution in [-0.2, 0) is 11.3 Å². The average Bonchev–Trinajstić information content (AvgIpc) is 2.52. The van der Waals surface area contributed by atoms with E-state index in [9.17, 15) is 4.79 Å². The molecule has 21 heavy (non-hydrogen) atoms. The molecule has 2 rings (SSSR count). The third kappa shape index (κ3) is 4.36. The molecule has 2 unspecified atom stereocenters. The van der Waals surface area contributed by atoms with Crippen LogP contribution >= 0.6 is 0 Å². The molecule has 116 valence electrons. The molecule has 0 heterocycles. The Morgan fingerprint density at radius 1 is 1.24 bits per heavy atom. The van der Waals surface area contributed by atoms with Gasteiger partial charge in [0.25, 0.3) is 0 Å². The molecule has 5 nitrogen and oxygen atoms in total. The molecule has 1 aromatic carbocycles. The van der Waals surface area contributed by atoms with Crippen LogP contribution in [0.5, 0.6) is 11.5 Å². The SMILES string of the molecule is COc1cc(CNC2CCCC(C(=O)O)C2)cc(OC)c1. The molecule has 0 aliphatic heterocycles. The number of ether oxygens (including phenoxy) is 2. The van der Waals surface area contributed by atoms with Gasteiger partial charge in [-0.15, -0.1) is 0 Å². The Labute approximate surface area is 125 Å². The largest absolute Gasteiger partial charge is 0.497 e. The Morgan fingerprint density at radius 3 is 2.48 bits per heavy atom. The first-order valence-corrected chi connectivity index (χ1v) is 7.30. The molecule has 2 N–H and O–H groups in total. The summed E-state index contributed by atoms with van der Waals surface area (Å²) in [7, 11) is 3.26. The number of aliphatic carboxylic acids is 1. The highest BCUT2D eigenvalue weighted by atomic mass is 16.5. The zero-order valence-electron chi connectivity index (χ0n) is 12.6. The van der Waals surface area contributed by atoms with Crippen LogP contribution in [0, 0.1) is 5.92 Å². The van der Waals surface area contributed by atoms with E-state index in [2.05, 4.69) is 5.32 Å². The summed E-state index contributed by atoms with van der Waals surface area (Å²) in [5, 5.41) is 12.6. The van der Waals surface area contributed by atoms with Crippen molar-refractivity contribution in [2.24, 2.45) is 5.92 Å². The molecule has 5 heteroatoms. The van der Waals surface area contributed by atoms with E-state index in [1.807, 2.05) is 18.2 Å². The number of carbonyl (C=O) groups is 1. The minimum Gasteiger partial charge on any atom is -0.497 e. The first-order valence-electron chi connectivity index (χ1n) is 7.30. The van der Waals surface area contributed by atoms with E-state index in [0.717, 1.165) is 36.3 Å². The van der Waals surface area contributed by atoms with E-state index < -0.39 is 5.97 Å². The van der Waals surface area contributed by atoms with Crippen LogP contribution in [0.3, 0.4) is 0 Å². The molecule has 2 atom stereocenters. The van der Waals surface area contributed by atoms with Crippen molar-refractivity contribution in [3.05, 3.63) is 23.8 Å². The van der Waals surface area contributed by atoms with Crippen LogP contribution in [-0.4, -0.2) is 31.3 Å².